The van der Waals surface area contributed by atoms with Crippen molar-refractivity contribution in [2.24, 2.45) is 0 Å². The number of fused-ring (bicyclic) bond motifs is 1. The molecule has 2 saturated heterocycles. The molecule has 2 aliphatic heterocycles. The lowest BCUT2D eigenvalue weighted by molar-refractivity contribution is 0.0398. The Morgan fingerprint density at radius 1 is 0.967 bits per heavy atom. The molecule has 0 atom stereocenters. The van der Waals surface area contributed by atoms with Gasteiger partial charge in [0.1, 0.15) is 11.3 Å². The first-order valence-electron chi connectivity index (χ1n) is 10.4. The monoisotopic (exact) mass is 410 g/mol. The number of rotatable bonds is 6. The van der Waals surface area contributed by atoms with Crippen molar-refractivity contribution in [3.05, 3.63) is 24.7 Å². The summed E-state index contributed by atoms with van der Waals surface area (Å²) in [7, 11) is 0. The second kappa shape index (κ2) is 8.90. The van der Waals surface area contributed by atoms with Gasteiger partial charge >= 0.3 is 0 Å². The zero-order chi connectivity index (χ0) is 20.2. The van der Waals surface area contributed by atoms with E-state index in [1.165, 1.54) is 0 Å². The van der Waals surface area contributed by atoms with Crippen LogP contribution in [-0.4, -0.2) is 95.5 Å². The van der Waals surface area contributed by atoms with Crippen molar-refractivity contribution in [1.29, 1.82) is 0 Å². The molecule has 10 nitrogen and oxygen atoms in total. The number of pyridine rings is 1. The van der Waals surface area contributed by atoms with Gasteiger partial charge in [-0.15, -0.1) is 0 Å². The van der Waals surface area contributed by atoms with E-state index in [9.17, 15) is 0 Å². The Bertz CT molecular complexity index is 965. The molecular formula is C20H26N8O2. The molecule has 158 valence electrons. The molecule has 0 spiro atoms. The Morgan fingerprint density at radius 3 is 2.53 bits per heavy atom. The maximum atomic E-state index is 5.42. The number of anilines is 2. The van der Waals surface area contributed by atoms with Gasteiger partial charge in [-0.3, -0.25) is 4.90 Å². The quantitative estimate of drug-likeness (QED) is 0.616. The first-order valence-corrected chi connectivity index (χ1v) is 10.4. The number of imidazole rings is 1. The number of hydrogen-bond donors (Lipinski definition) is 2. The zero-order valence-corrected chi connectivity index (χ0v) is 16.9. The molecule has 0 radical (unpaired) electrons. The molecule has 30 heavy (non-hydrogen) atoms. The standard InChI is InChI=1S/C20H26N8O2/c1-2-16(28-7-11-30-12-8-28)22-13-15(1)18-25-19(17-20(26-18)24-14-23-17)21-3-4-27-5-9-29-10-6-27/h1-2,13-14H,3-12H2,(H2,21,23,24,25,26). The summed E-state index contributed by atoms with van der Waals surface area (Å²) < 4.78 is 10.8. The van der Waals surface area contributed by atoms with Crippen LogP contribution in [-0.2, 0) is 9.47 Å². The lowest BCUT2D eigenvalue weighted by Crippen LogP contribution is -2.39. The van der Waals surface area contributed by atoms with Gasteiger partial charge in [0.15, 0.2) is 17.3 Å². The average Bonchev–Trinajstić information content (AvgIpc) is 3.29. The van der Waals surface area contributed by atoms with E-state index in [2.05, 4.69) is 35.1 Å². The SMILES string of the molecule is c1nc2nc(-c3ccc(N4CCOCC4)nc3)nc(NCCN3CCOCC3)c2[nH]1. The zero-order valence-electron chi connectivity index (χ0n) is 16.9. The Kier molecular flexibility index (Phi) is 5.69. The number of ether oxygens (including phenoxy) is 2. The van der Waals surface area contributed by atoms with Crippen molar-refractivity contribution in [3.8, 4) is 11.4 Å². The highest BCUT2D eigenvalue weighted by atomic mass is 16.5. The normalized spacial score (nSPS) is 18.1. The number of morpholine rings is 2. The molecule has 2 fully saturated rings. The van der Waals surface area contributed by atoms with Crippen LogP contribution in [0.2, 0.25) is 0 Å². The van der Waals surface area contributed by atoms with E-state index < -0.39 is 0 Å². The third kappa shape index (κ3) is 4.20. The Balaban J connectivity index is 1.33. The molecule has 10 heteroatoms. The van der Waals surface area contributed by atoms with Crippen LogP contribution in [0.1, 0.15) is 0 Å². The molecule has 0 aromatic carbocycles. The predicted octanol–water partition coefficient (Wildman–Crippen LogP) is 0.996. The summed E-state index contributed by atoms with van der Waals surface area (Å²) in [6, 6.07) is 4.04. The fraction of sp³-hybridized carbons (Fsp3) is 0.500. The molecule has 2 aliphatic rings. The van der Waals surface area contributed by atoms with Crippen LogP contribution >= 0.6 is 0 Å². The highest BCUT2D eigenvalue weighted by Gasteiger charge is 2.15. The average molecular weight is 410 g/mol. The lowest BCUT2D eigenvalue weighted by Gasteiger charge is -2.27. The Hall–Kier alpha value is -2.82. The van der Waals surface area contributed by atoms with Gasteiger partial charge < -0.3 is 24.7 Å². The van der Waals surface area contributed by atoms with Crippen LogP contribution in [0.4, 0.5) is 11.6 Å². The van der Waals surface area contributed by atoms with Crippen molar-refractivity contribution >= 4 is 22.8 Å². The second-order valence-electron chi connectivity index (χ2n) is 7.38. The van der Waals surface area contributed by atoms with E-state index in [1.54, 1.807) is 6.33 Å². The predicted molar refractivity (Wildman–Crippen MR) is 114 cm³/mol. The number of aromatic amines is 1. The van der Waals surface area contributed by atoms with E-state index in [4.69, 9.17) is 14.5 Å². The first kappa shape index (κ1) is 19.2. The van der Waals surface area contributed by atoms with Crippen LogP contribution < -0.4 is 10.2 Å². The molecule has 2 N–H and O–H groups in total. The fourth-order valence-corrected chi connectivity index (χ4v) is 3.75. The van der Waals surface area contributed by atoms with Crippen molar-refractivity contribution in [2.45, 2.75) is 0 Å². The largest absolute Gasteiger partial charge is 0.379 e. The molecule has 0 bridgehead atoms. The van der Waals surface area contributed by atoms with Gasteiger partial charge in [-0.2, -0.15) is 0 Å². The number of hydrogen-bond acceptors (Lipinski definition) is 9. The van der Waals surface area contributed by atoms with E-state index in [1.807, 2.05) is 18.3 Å². The molecule has 5 heterocycles. The van der Waals surface area contributed by atoms with Gasteiger partial charge in [0.05, 0.1) is 32.8 Å². The molecule has 3 aromatic heterocycles. The van der Waals surface area contributed by atoms with Crippen molar-refractivity contribution in [3.63, 3.8) is 0 Å². The third-order valence-electron chi connectivity index (χ3n) is 5.45. The summed E-state index contributed by atoms with van der Waals surface area (Å²) in [5, 5.41) is 3.45. The summed E-state index contributed by atoms with van der Waals surface area (Å²) in [6.45, 7) is 8.47. The van der Waals surface area contributed by atoms with Gasteiger partial charge in [0, 0.05) is 51.0 Å². The summed E-state index contributed by atoms with van der Waals surface area (Å²) >= 11 is 0. The Morgan fingerprint density at radius 2 is 1.77 bits per heavy atom. The number of aromatic nitrogens is 5. The van der Waals surface area contributed by atoms with E-state index in [0.29, 0.717) is 11.5 Å². The lowest BCUT2D eigenvalue weighted by atomic mass is 10.2. The highest BCUT2D eigenvalue weighted by molar-refractivity contribution is 5.84. The summed E-state index contributed by atoms with van der Waals surface area (Å²) in [6.07, 6.45) is 3.48. The van der Waals surface area contributed by atoms with Crippen LogP contribution in [0.15, 0.2) is 24.7 Å². The van der Waals surface area contributed by atoms with Gasteiger partial charge in [-0.05, 0) is 12.1 Å². The number of nitrogens with zero attached hydrogens (tertiary/aromatic N) is 6. The fourth-order valence-electron chi connectivity index (χ4n) is 3.75. The third-order valence-corrected chi connectivity index (χ3v) is 5.45. The minimum Gasteiger partial charge on any atom is -0.379 e. The smallest absolute Gasteiger partial charge is 0.183 e. The summed E-state index contributed by atoms with van der Waals surface area (Å²) in [4.78, 5) is 26.1. The number of H-pyrrole nitrogens is 1. The number of nitrogens with one attached hydrogen (secondary N) is 2. The van der Waals surface area contributed by atoms with Crippen molar-refractivity contribution < 1.29 is 9.47 Å². The maximum Gasteiger partial charge on any atom is 0.183 e. The highest BCUT2D eigenvalue weighted by Crippen LogP contribution is 2.24. The molecule has 0 aliphatic carbocycles. The first-order chi connectivity index (χ1) is 14.9. The second-order valence-corrected chi connectivity index (χ2v) is 7.38. The molecule has 0 saturated carbocycles. The van der Waals surface area contributed by atoms with Crippen molar-refractivity contribution in [1.82, 2.24) is 29.8 Å². The van der Waals surface area contributed by atoms with Crippen LogP contribution in [0.5, 0.6) is 0 Å². The molecule has 0 amide bonds. The van der Waals surface area contributed by atoms with Crippen LogP contribution in [0.3, 0.4) is 0 Å². The molecule has 3 aromatic rings. The minimum atomic E-state index is 0.615. The van der Waals surface area contributed by atoms with Gasteiger partial charge in [-0.25, -0.2) is 19.9 Å². The summed E-state index contributed by atoms with van der Waals surface area (Å²) in [5.74, 6) is 2.33. The van der Waals surface area contributed by atoms with Crippen LogP contribution in [0.25, 0.3) is 22.6 Å². The van der Waals surface area contributed by atoms with Gasteiger partial charge in [0.25, 0.3) is 0 Å². The van der Waals surface area contributed by atoms with E-state index in [0.717, 1.165) is 88.4 Å². The van der Waals surface area contributed by atoms with Gasteiger partial charge in [-0.1, -0.05) is 0 Å². The maximum absolute atomic E-state index is 5.42. The molecule has 5 rings (SSSR count). The van der Waals surface area contributed by atoms with Crippen LogP contribution in [0, 0.1) is 0 Å². The van der Waals surface area contributed by atoms with E-state index in [-0.39, 0.29) is 0 Å². The van der Waals surface area contributed by atoms with Gasteiger partial charge in [0.2, 0.25) is 0 Å². The van der Waals surface area contributed by atoms with E-state index >= 15 is 0 Å². The summed E-state index contributed by atoms with van der Waals surface area (Å²) in [5.41, 5.74) is 2.33. The minimum absolute atomic E-state index is 0.615. The Labute approximate surface area is 174 Å². The van der Waals surface area contributed by atoms with Crippen molar-refractivity contribution in [2.75, 3.05) is 75.9 Å². The molecular weight excluding hydrogens is 384 g/mol. The topological polar surface area (TPSA) is 104 Å². The molecule has 0 unspecified atom stereocenters.